The van der Waals surface area contributed by atoms with Crippen LogP contribution in [0.1, 0.15) is 46.4 Å². The molecule has 3 rings (SSSR count). The highest BCUT2D eigenvalue weighted by Gasteiger charge is 2.21. The Morgan fingerprint density at radius 2 is 2.00 bits per heavy atom. The molecule has 1 amide bonds. The van der Waals surface area contributed by atoms with Crippen molar-refractivity contribution in [3.63, 3.8) is 0 Å². The molecule has 1 aromatic heterocycles. The van der Waals surface area contributed by atoms with Crippen molar-refractivity contribution >= 4 is 28.2 Å². The quantitative estimate of drug-likeness (QED) is 0.628. The summed E-state index contributed by atoms with van der Waals surface area (Å²) in [7, 11) is 0. The van der Waals surface area contributed by atoms with E-state index in [2.05, 4.69) is 11.4 Å². The lowest BCUT2D eigenvalue weighted by Gasteiger charge is -2.07. The van der Waals surface area contributed by atoms with Gasteiger partial charge in [-0.3, -0.25) is 9.59 Å². The third-order valence-electron chi connectivity index (χ3n) is 4.75. The maximum Gasteiger partial charge on any atom is 0.310 e. The number of nitrogens with zero attached hydrogens (tertiary/aromatic N) is 1. The fourth-order valence-electron chi connectivity index (χ4n) is 3.27. The first-order valence-corrected chi connectivity index (χ1v) is 9.94. The van der Waals surface area contributed by atoms with E-state index >= 15 is 0 Å². The van der Waals surface area contributed by atoms with Crippen LogP contribution in [-0.4, -0.2) is 18.5 Å². The molecule has 0 unspecified atom stereocenters. The first kappa shape index (κ1) is 19.1. The molecule has 27 heavy (non-hydrogen) atoms. The van der Waals surface area contributed by atoms with E-state index in [1.54, 1.807) is 0 Å². The van der Waals surface area contributed by atoms with Crippen molar-refractivity contribution in [1.29, 1.82) is 5.26 Å². The summed E-state index contributed by atoms with van der Waals surface area (Å²) in [5, 5.41) is 12.8. The topological polar surface area (TPSA) is 79.2 Å². The summed E-state index contributed by atoms with van der Waals surface area (Å²) in [6.45, 7) is 1.58. The van der Waals surface area contributed by atoms with Gasteiger partial charge in [0.1, 0.15) is 11.1 Å². The molecule has 0 atom stereocenters. The van der Waals surface area contributed by atoms with Crippen molar-refractivity contribution in [2.24, 2.45) is 0 Å². The fourth-order valence-corrected chi connectivity index (χ4v) is 4.53. The number of amides is 1. The molecule has 1 aliphatic carbocycles. The molecular weight excluding hydrogens is 360 g/mol. The number of esters is 1. The number of carbonyl (C=O) groups excluding carboxylic acids is 2. The van der Waals surface area contributed by atoms with Crippen molar-refractivity contribution in [1.82, 2.24) is 0 Å². The van der Waals surface area contributed by atoms with Gasteiger partial charge in [0.2, 0.25) is 0 Å². The standard InChI is InChI=1S/C21H22N2O3S/c1-14-7-5-6-8-15(14)11-20(25)26-13-19(24)23-21-17(12-22)16-9-3-2-4-10-18(16)27-21/h5-8H,2-4,9-11,13H2,1H3,(H,23,24). The van der Waals surface area contributed by atoms with E-state index in [1.165, 1.54) is 22.6 Å². The van der Waals surface area contributed by atoms with E-state index in [4.69, 9.17) is 4.74 Å². The van der Waals surface area contributed by atoms with Gasteiger partial charge in [0.15, 0.2) is 6.61 Å². The largest absolute Gasteiger partial charge is 0.455 e. The minimum absolute atomic E-state index is 0.136. The van der Waals surface area contributed by atoms with E-state index in [1.807, 2.05) is 31.2 Å². The predicted molar refractivity (Wildman–Crippen MR) is 105 cm³/mol. The Kier molecular flexibility index (Phi) is 6.25. The summed E-state index contributed by atoms with van der Waals surface area (Å²) in [5.41, 5.74) is 3.54. The van der Waals surface area contributed by atoms with E-state index in [0.29, 0.717) is 10.6 Å². The van der Waals surface area contributed by atoms with Crippen molar-refractivity contribution in [3.05, 3.63) is 51.4 Å². The SMILES string of the molecule is Cc1ccccc1CC(=O)OCC(=O)Nc1sc2c(c1C#N)CCCCC2. The maximum atomic E-state index is 12.2. The molecule has 0 saturated heterocycles. The number of hydrogen-bond acceptors (Lipinski definition) is 5. The fraction of sp³-hybridized carbons (Fsp3) is 0.381. The van der Waals surface area contributed by atoms with Crippen molar-refractivity contribution < 1.29 is 14.3 Å². The molecule has 6 heteroatoms. The van der Waals surface area contributed by atoms with Gasteiger partial charge in [0.25, 0.3) is 5.91 Å². The molecule has 140 valence electrons. The molecule has 5 nitrogen and oxygen atoms in total. The molecule has 1 aromatic carbocycles. The number of thiophene rings is 1. The predicted octanol–water partition coefficient (Wildman–Crippen LogP) is 3.92. The Morgan fingerprint density at radius 3 is 2.78 bits per heavy atom. The highest BCUT2D eigenvalue weighted by molar-refractivity contribution is 7.16. The molecule has 0 fully saturated rings. The molecular formula is C21H22N2O3S. The smallest absolute Gasteiger partial charge is 0.310 e. The zero-order valence-corrected chi connectivity index (χ0v) is 16.2. The first-order valence-electron chi connectivity index (χ1n) is 9.13. The lowest BCUT2D eigenvalue weighted by Crippen LogP contribution is -2.21. The number of hydrogen-bond donors (Lipinski definition) is 1. The van der Waals surface area contributed by atoms with Crippen LogP contribution in [0.5, 0.6) is 0 Å². The van der Waals surface area contributed by atoms with Gasteiger partial charge in [-0.25, -0.2) is 0 Å². The van der Waals surface area contributed by atoms with Gasteiger partial charge in [-0.2, -0.15) is 5.26 Å². The average molecular weight is 382 g/mol. The number of carbonyl (C=O) groups is 2. The van der Waals surface area contributed by atoms with Gasteiger partial charge in [0, 0.05) is 4.88 Å². The highest BCUT2D eigenvalue weighted by atomic mass is 32.1. The second-order valence-corrected chi connectivity index (χ2v) is 7.80. The highest BCUT2D eigenvalue weighted by Crippen LogP contribution is 2.36. The van der Waals surface area contributed by atoms with Gasteiger partial charge < -0.3 is 10.1 Å². The summed E-state index contributed by atoms with van der Waals surface area (Å²) in [5.74, 6) is -0.858. The Balaban J connectivity index is 1.57. The van der Waals surface area contributed by atoms with Gasteiger partial charge >= 0.3 is 5.97 Å². The van der Waals surface area contributed by atoms with Crippen molar-refractivity contribution in [3.8, 4) is 6.07 Å². The van der Waals surface area contributed by atoms with E-state index < -0.39 is 11.9 Å². The third-order valence-corrected chi connectivity index (χ3v) is 5.95. The van der Waals surface area contributed by atoms with Crippen LogP contribution in [0.3, 0.4) is 0 Å². The lowest BCUT2D eigenvalue weighted by molar-refractivity contribution is -0.146. The number of rotatable bonds is 5. The van der Waals surface area contributed by atoms with Crippen LogP contribution in [-0.2, 0) is 33.6 Å². The normalized spacial score (nSPS) is 13.2. The maximum absolute atomic E-state index is 12.2. The molecule has 0 radical (unpaired) electrons. The Bertz CT molecular complexity index is 895. The van der Waals surface area contributed by atoms with E-state index in [0.717, 1.165) is 42.4 Å². The van der Waals surface area contributed by atoms with Crippen LogP contribution >= 0.6 is 11.3 Å². The molecule has 1 N–H and O–H groups in total. The van der Waals surface area contributed by atoms with E-state index in [-0.39, 0.29) is 13.0 Å². The summed E-state index contributed by atoms with van der Waals surface area (Å²) in [4.78, 5) is 25.4. The minimum atomic E-state index is -0.443. The van der Waals surface area contributed by atoms with Crippen LogP contribution in [0.25, 0.3) is 0 Å². The summed E-state index contributed by atoms with van der Waals surface area (Å²) in [6.07, 6.45) is 5.33. The Hall–Kier alpha value is -2.65. The monoisotopic (exact) mass is 382 g/mol. The number of ether oxygens (including phenoxy) is 1. The number of aryl methyl sites for hydroxylation is 2. The zero-order valence-electron chi connectivity index (χ0n) is 15.3. The average Bonchev–Trinajstić information content (AvgIpc) is 2.81. The van der Waals surface area contributed by atoms with Crippen LogP contribution in [0.15, 0.2) is 24.3 Å². The van der Waals surface area contributed by atoms with Crippen LogP contribution in [0.4, 0.5) is 5.00 Å². The molecule has 1 aliphatic rings. The summed E-state index contributed by atoms with van der Waals surface area (Å²) < 4.78 is 5.10. The second kappa shape index (κ2) is 8.83. The van der Waals surface area contributed by atoms with Gasteiger partial charge in [0.05, 0.1) is 12.0 Å². The van der Waals surface area contributed by atoms with Crippen molar-refractivity contribution in [2.45, 2.75) is 45.4 Å². The van der Waals surface area contributed by atoms with E-state index in [9.17, 15) is 14.9 Å². The minimum Gasteiger partial charge on any atom is -0.455 e. The van der Waals surface area contributed by atoms with Crippen molar-refractivity contribution in [2.75, 3.05) is 11.9 Å². The van der Waals surface area contributed by atoms with Crippen LogP contribution < -0.4 is 5.32 Å². The molecule has 0 spiro atoms. The number of nitriles is 1. The lowest BCUT2D eigenvalue weighted by atomic mass is 10.1. The summed E-state index contributed by atoms with van der Waals surface area (Å²) >= 11 is 1.47. The van der Waals surface area contributed by atoms with Crippen LogP contribution in [0.2, 0.25) is 0 Å². The second-order valence-electron chi connectivity index (χ2n) is 6.69. The van der Waals surface area contributed by atoms with Gasteiger partial charge in [-0.15, -0.1) is 11.3 Å². The zero-order chi connectivity index (χ0) is 19.2. The Labute approximate surface area is 163 Å². The molecule has 0 saturated carbocycles. The molecule has 1 heterocycles. The first-order chi connectivity index (χ1) is 13.1. The Morgan fingerprint density at radius 1 is 1.22 bits per heavy atom. The number of nitrogens with one attached hydrogen (secondary N) is 1. The number of anilines is 1. The molecule has 2 aromatic rings. The number of fused-ring (bicyclic) bond motifs is 1. The third kappa shape index (κ3) is 4.75. The van der Waals surface area contributed by atoms with Gasteiger partial charge in [-0.1, -0.05) is 30.7 Å². The van der Waals surface area contributed by atoms with Crippen LogP contribution in [0, 0.1) is 18.3 Å². The number of benzene rings is 1. The van der Waals surface area contributed by atoms with Gasteiger partial charge in [-0.05, 0) is 49.3 Å². The summed E-state index contributed by atoms with van der Waals surface area (Å²) in [6, 6.07) is 9.81. The molecule has 0 aliphatic heterocycles. The molecule has 0 bridgehead atoms.